The summed E-state index contributed by atoms with van der Waals surface area (Å²) in [6.45, 7) is 9.61. The summed E-state index contributed by atoms with van der Waals surface area (Å²) in [4.78, 5) is 15.9. The van der Waals surface area contributed by atoms with Crippen molar-refractivity contribution in [3.05, 3.63) is 12.7 Å². The number of allylic oxidation sites excluding steroid dienone is 1. The Kier molecular flexibility index (Phi) is 5.22. The van der Waals surface area contributed by atoms with E-state index in [4.69, 9.17) is 0 Å². The first-order valence-corrected chi connectivity index (χ1v) is 7.81. The van der Waals surface area contributed by atoms with Crippen molar-refractivity contribution in [3.8, 4) is 0 Å². The number of aliphatic hydroxyl groups is 1. The normalized spacial score (nSPS) is 29.4. The lowest BCUT2D eigenvalue weighted by Gasteiger charge is -2.46. The zero-order chi connectivity index (χ0) is 14.6. The molecule has 0 aromatic rings. The van der Waals surface area contributed by atoms with Gasteiger partial charge in [0.15, 0.2) is 0 Å². The fourth-order valence-electron chi connectivity index (χ4n) is 3.77. The van der Waals surface area contributed by atoms with E-state index in [1.807, 2.05) is 11.0 Å². The van der Waals surface area contributed by atoms with Gasteiger partial charge in [-0.05, 0) is 38.6 Å². The SMILES string of the molecule is C=CCC1(CO)CCCN(C2CCN(C(C)=O)CC2)C1. The Labute approximate surface area is 122 Å². The predicted molar refractivity (Wildman–Crippen MR) is 80.4 cm³/mol. The Morgan fingerprint density at radius 1 is 1.40 bits per heavy atom. The van der Waals surface area contributed by atoms with Crippen molar-refractivity contribution in [2.24, 2.45) is 5.41 Å². The molecule has 0 saturated carbocycles. The van der Waals surface area contributed by atoms with E-state index >= 15 is 0 Å². The summed E-state index contributed by atoms with van der Waals surface area (Å²) in [5, 5.41) is 9.78. The number of rotatable bonds is 4. The first kappa shape index (κ1) is 15.5. The van der Waals surface area contributed by atoms with Gasteiger partial charge in [0.25, 0.3) is 0 Å². The second-order valence-electron chi connectivity index (χ2n) is 6.46. The van der Waals surface area contributed by atoms with Gasteiger partial charge in [0.2, 0.25) is 5.91 Å². The number of hydrogen-bond acceptors (Lipinski definition) is 3. The fraction of sp³-hybridized carbons (Fsp3) is 0.812. The van der Waals surface area contributed by atoms with Gasteiger partial charge in [-0.3, -0.25) is 9.69 Å². The van der Waals surface area contributed by atoms with Crippen molar-refractivity contribution < 1.29 is 9.90 Å². The molecule has 2 aliphatic rings. The van der Waals surface area contributed by atoms with Gasteiger partial charge in [-0.15, -0.1) is 6.58 Å². The maximum Gasteiger partial charge on any atom is 0.219 e. The smallest absolute Gasteiger partial charge is 0.219 e. The van der Waals surface area contributed by atoms with E-state index in [0.717, 1.165) is 58.3 Å². The molecule has 0 aromatic heterocycles. The molecule has 1 N–H and O–H groups in total. The molecule has 2 saturated heterocycles. The lowest BCUT2D eigenvalue weighted by Crippen LogP contribution is -2.53. The number of likely N-dealkylation sites (tertiary alicyclic amines) is 2. The quantitative estimate of drug-likeness (QED) is 0.796. The Morgan fingerprint density at radius 2 is 2.10 bits per heavy atom. The Morgan fingerprint density at radius 3 is 2.65 bits per heavy atom. The molecule has 1 atom stereocenters. The van der Waals surface area contributed by atoms with Gasteiger partial charge in [-0.1, -0.05) is 6.08 Å². The van der Waals surface area contributed by atoms with Crippen LogP contribution < -0.4 is 0 Å². The maximum absolute atomic E-state index is 11.4. The third-order valence-corrected chi connectivity index (χ3v) is 5.03. The summed E-state index contributed by atoms with van der Waals surface area (Å²) in [6.07, 6.45) is 7.22. The van der Waals surface area contributed by atoms with E-state index in [0.29, 0.717) is 6.04 Å². The van der Waals surface area contributed by atoms with Gasteiger partial charge >= 0.3 is 0 Å². The van der Waals surface area contributed by atoms with Crippen LogP contribution in [0.5, 0.6) is 0 Å². The van der Waals surface area contributed by atoms with Crippen molar-refractivity contribution in [1.82, 2.24) is 9.80 Å². The molecule has 2 fully saturated rings. The van der Waals surface area contributed by atoms with Crippen LogP contribution in [0.15, 0.2) is 12.7 Å². The molecule has 2 aliphatic heterocycles. The fourth-order valence-corrected chi connectivity index (χ4v) is 3.77. The highest BCUT2D eigenvalue weighted by Gasteiger charge is 2.37. The van der Waals surface area contributed by atoms with E-state index in [2.05, 4.69) is 11.5 Å². The van der Waals surface area contributed by atoms with Crippen LogP contribution in [0.1, 0.15) is 39.0 Å². The lowest BCUT2D eigenvalue weighted by atomic mass is 9.77. The van der Waals surface area contributed by atoms with Gasteiger partial charge in [0.1, 0.15) is 0 Å². The first-order chi connectivity index (χ1) is 9.60. The van der Waals surface area contributed by atoms with Crippen molar-refractivity contribution in [2.75, 3.05) is 32.8 Å². The largest absolute Gasteiger partial charge is 0.396 e. The number of amides is 1. The van der Waals surface area contributed by atoms with Crippen LogP contribution in [-0.2, 0) is 4.79 Å². The summed E-state index contributed by atoms with van der Waals surface area (Å²) in [5.41, 5.74) is 0.0116. The van der Waals surface area contributed by atoms with Crippen LogP contribution in [-0.4, -0.2) is 59.6 Å². The molecule has 2 rings (SSSR count). The summed E-state index contributed by atoms with van der Waals surface area (Å²) >= 11 is 0. The Hall–Kier alpha value is -0.870. The number of carbonyl (C=O) groups excluding carboxylic acids is 1. The molecule has 1 unspecified atom stereocenters. The molecule has 0 aromatic carbocycles. The minimum atomic E-state index is 0.0116. The molecule has 20 heavy (non-hydrogen) atoms. The molecule has 0 radical (unpaired) electrons. The van der Waals surface area contributed by atoms with Crippen molar-refractivity contribution >= 4 is 5.91 Å². The average molecular weight is 280 g/mol. The summed E-state index contributed by atoms with van der Waals surface area (Å²) in [5.74, 6) is 0.193. The number of hydrogen-bond donors (Lipinski definition) is 1. The zero-order valence-corrected chi connectivity index (χ0v) is 12.7. The highest BCUT2D eigenvalue weighted by atomic mass is 16.3. The van der Waals surface area contributed by atoms with Crippen LogP contribution in [0.25, 0.3) is 0 Å². The average Bonchev–Trinajstić information content (AvgIpc) is 2.48. The predicted octanol–water partition coefficient (Wildman–Crippen LogP) is 1.65. The standard InChI is InChI=1S/C16H28N2O2/c1-3-7-16(13-19)8-4-9-18(12-16)15-5-10-17(11-6-15)14(2)20/h3,15,19H,1,4-13H2,2H3. The van der Waals surface area contributed by atoms with Crippen molar-refractivity contribution in [3.63, 3.8) is 0 Å². The summed E-state index contributed by atoms with van der Waals surface area (Å²) in [7, 11) is 0. The second-order valence-corrected chi connectivity index (χ2v) is 6.46. The highest BCUT2D eigenvalue weighted by Crippen LogP contribution is 2.35. The monoisotopic (exact) mass is 280 g/mol. The zero-order valence-electron chi connectivity index (χ0n) is 12.7. The van der Waals surface area contributed by atoms with E-state index in [9.17, 15) is 9.90 Å². The van der Waals surface area contributed by atoms with Crippen LogP contribution in [0, 0.1) is 5.41 Å². The molecule has 1 amide bonds. The van der Waals surface area contributed by atoms with E-state index in [1.54, 1.807) is 6.92 Å². The van der Waals surface area contributed by atoms with Crippen LogP contribution in [0.3, 0.4) is 0 Å². The molecule has 114 valence electrons. The molecular formula is C16H28N2O2. The summed E-state index contributed by atoms with van der Waals surface area (Å²) in [6, 6.07) is 0.571. The van der Waals surface area contributed by atoms with E-state index < -0.39 is 0 Å². The molecule has 2 heterocycles. The van der Waals surface area contributed by atoms with E-state index in [1.165, 1.54) is 0 Å². The summed E-state index contributed by atoms with van der Waals surface area (Å²) < 4.78 is 0. The van der Waals surface area contributed by atoms with Gasteiger partial charge in [0, 0.05) is 38.0 Å². The second kappa shape index (κ2) is 6.72. The number of aliphatic hydroxyl groups excluding tert-OH is 1. The molecule has 0 spiro atoms. The topological polar surface area (TPSA) is 43.8 Å². The third-order valence-electron chi connectivity index (χ3n) is 5.03. The van der Waals surface area contributed by atoms with Crippen molar-refractivity contribution in [2.45, 2.75) is 45.1 Å². The van der Waals surface area contributed by atoms with Crippen molar-refractivity contribution in [1.29, 1.82) is 0 Å². The molecule has 4 nitrogen and oxygen atoms in total. The lowest BCUT2D eigenvalue weighted by molar-refractivity contribution is -0.130. The number of nitrogens with zero attached hydrogens (tertiary/aromatic N) is 2. The minimum absolute atomic E-state index is 0.0116. The van der Waals surface area contributed by atoms with Gasteiger partial charge in [0.05, 0.1) is 6.61 Å². The number of piperidine rings is 2. The highest BCUT2D eigenvalue weighted by molar-refractivity contribution is 5.73. The van der Waals surface area contributed by atoms with Gasteiger partial charge < -0.3 is 10.0 Å². The van der Waals surface area contributed by atoms with E-state index in [-0.39, 0.29) is 17.9 Å². The maximum atomic E-state index is 11.4. The number of carbonyl (C=O) groups is 1. The van der Waals surface area contributed by atoms with Gasteiger partial charge in [-0.25, -0.2) is 0 Å². The minimum Gasteiger partial charge on any atom is -0.396 e. The van der Waals surface area contributed by atoms with Crippen LogP contribution in [0.2, 0.25) is 0 Å². The van der Waals surface area contributed by atoms with Crippen LogP contribution >= 0.6 is 0 Å². The molecular weight excluding hydrogens is 252 g/mol. The first-order valence-electron chi connectivity index (χ1n) is 7.81. The van der Waals surface area contributed by atoms with Gasteiger partial charge in [-0.2, -0.15) is 0 Å². The molecule has 4 heteroatoms. The third kappa shape index (κ3) is 3.41. The molecule has 0 aliphatic carbocycles. The van der Waals surface area contributed by atoms with Crippen LogP contribution in [0.4, 0.5) is 0 Å². The molecule has 0 bridgehead atoms. The Balaban J connectivity index is 1.93. The Bertz CT molecular complexity index is 350.